The standard InChI is InChI=1S/C25H21F3N8O/c1-29-24(8-9-24)19-3-2-4-20(33-19)36-21-18(22(37)35(36)14-25(26,27)28)13-31-23(34-21)32-17-6-5-15-7-10-30-12-16(15)11-17/h2-6,11,13,30H,7-10,12,14H2,(H,31,32,34). The Morgan fingerprint density at radius 1 is 1.16 bits per heavy atom. The molecular formula is C25H21F3N8O. The van der Waals surface area contributed by atoms with Crippen LogP contribution in [0.5, 0.6) is 0 Å². The summed E-state index contributed by atoms with van der Waals surface area (Å²) in [5.41, 5.74) is 1.91. The first kappa shape index (κ1) is 23.2. The Balaban J connectivity index is 1.47. The van der Waals surface area contributed by atoms with E-state index in [0.717, 1.165) is 35.4 Å². The lowest BCUT2D eigenvalue weighted by Gasteiger charge is -2.18. The fourth-order valence-electron chi connectivity index (χ4n) is 4.67. The van der Waals surface area contributed by atoms with Gasteiger partial charge in [-0.05, 0) is 48.4 Å². The average Bonchev–Trinajstić information content (AvgIpc) is 3.64. The summed E-state index contributed by atoms with van der Waals surface area (Å²) >= 11 is 0. The van der Waals surface area contributed by atoms with Gasteiger partial charge in [-0.3, -0.25) is 4.79 Å². The summed E-state index contributed by atoms with van der Waals surface area (Å²) in [7, 11) is 0. The number of fused-ring (bicyclic) bond motifs is 2. The van der Waals surface area contributed by atoms with Crippen molar-refractivity contribution >= 4 is 22.7 Å². The number of hydrogen-bond acceptors (Lipinski definition) is 6. The fourth-order valence-corrected chi connectivity index (χ4v) is 4.67. The molecule has 37 heavy (non-hydrogen) atoms. The number of anilines is 2. The normalized spacial score (nSPS) is 16.3. The Labute approximate surface area is 208 Å². The van der Waals surface area contributed by atoms with Crippen LogP contribution in [0.2, 0.25) is 0 Å². The van der Waals surface area contributed by atoms with Gasteiger partial charge in [-0.15, -0.1) is 0 Å². The highest BCUT2D eigenvalue weighted by molar-refractivity contribution is 5.77. The van der Waals surface area contributed by atoms with Crippen LogP contribution in [0.25, 0.3) is 21.7 Å². The number of aromatic nitrogens is 5. The third-order valence-electron chi connectivity index (χ3n) is 6.72. The van der Waals surface area contributed by atoms with E-state index in [0.29, 0.717) is 23.2 Å². The largest absolute Gasteiger partial charge is 0.408 e. The molecule has 2 N–H and O–H groups in total. The molecule has 12 heteroatoms. The third kappa shape index (κ3) is 4.21. The minimum absolute atomic E-state index is 0.0105. The molecule has 1 aliphatic heterocycles. The molecular weight excluding hydrogens is 485 g/mol. The Bertz CT molecular complexity index is 1630. The van der Waals surface area contributed by atoms with Gasteiger partial charge in [0.05, 0.1) is 0 Å². The molecule has 9 nitrogen and oxygen atoms in total. The lowest BCUT2D eigenvalue weighted by molar-refractivity contribution is -0.144. The van der Waals surface area contributed by atoms with Crippen LogP contribution in [0, 0.1) is 6.57 Å². The number of pyridine rings is 1. The molecule has 3 aromatic heterocycles. The van der Waals surface area contributed by atoms with Gasteiger partial charge in [0, 0.05) is 31.3 Å². The minimum Gasteiger partial charge on any atom is -0.324 e. The van der Waals surface area contributed by atoms with E-state index in [4.69, 9.17) is 6.57 Å². The van der Waals surface area contributed by atoms with Crippen LogP contribution in [-0.2, 0) is 25.0 Å². The zero-order chi connectivity index (χ0) is 25.8. The molecule has 0 saturated heterocycles. The molecule has 1 saturated carbocycles. The molecule has 0 radical (unpaired) electrons. The zero-order valence-corrected chi connectivity index (χ0v) is 19.5. The van der Waals surface area contributed by atoms with E-state index in [1.165, 1.54) is 17.8 Å². The van der Waals surface area contributed by atoms with Gasteiger partial charge < -0.3 is 15.5 Å². The van der Waals surface area contributed by atoms with Crippen LogP contribution in [0.3, 0.4) is 0 Å². The van der Waals surface area contributed by atoms with Gasteiger partial charge in [-0.25, -0.2) is 25.9 Å². The molecule has 1 fully saturated rings. The molecule has 0 unspecified atom stereocenters. The molecule has 4 heterocycles. The Kier molecular flexibility index (Phi) is 5.27. The van der Waals surface area contributed by atoms with Crippen molar-refractivity contribution in [1.82, 2.24) is 29.6 Å². The Morgan fingerprint density at radius 3 is 2.76 bits per heavy atom. The second-order valence-corrected chi connectivity index (χ2v) is 9.28. The molecule has 1 aromatic carbocycles. The summed E-state index contributed by atoms with van der Waals surface area (Å²) in [4.78, 5) is 29.8. The third-order valence-corrected chi connectivity index (χ3v) is 6.72. The summed E-state index contributed by atoms with van der Waals surface area (Å²) in [6, 6.07) is 10.7. The van der Waals surface area contributed by atoms with Gasteiger partial charge >= 0.3 is 6.18 Å². The maximum Gasteiger partial charge on any atom is 0.408 e. The average molecular weight is 506 g/mol. The van der Waals surface area contributed by atoms with Crippen molar-refractivity contribution in [1.29, 1.82) is 0 Å². The molecule has 0 spiro atoms. The van der Waals surface area contributed by atoms with Crippen molar-refractivity contribution in [3.63, 3.8) is 0 Å². The van der Waals surface area contributed by atoms with Crippen molar-refractivity contribution in [3.05, 3.63) is 81.2 Å². The zero-order valence-electron chi connectivity index (χ0n) is 19.5. The van der Waals surface area contributed by atoms with Crippen molar-refractivity contribution < 1.29 is 13.2 Å². The van der Waals surface area contributed by atoms with Crippen molar-refractivity contribution in [2.75, 3.05) is 11.9 Å². The van der Waals surface area contributed by atoms with Crippen LogP contribution in [0.4, 0.5) is 24.8 Å². The quantitative estimate of drug-likeness (QED) is 0.400. The summed E-state index contributed by atoms with van der Waals surface area (Å²) in [6.45, 7) is 7.64. The topological polar surface area (TPSA) is 94.0 Å². The Hall–Kier alpha value is -4.24. The van der Waals surface area contributed by atoms with E-state index < -0.39 is 23.8 Å². The number of hydrogen-bond donors (Lipinski definition) is 2. The predicted octanol–water partition coefficient (Wildman–Crippen LogP) is 3.84. The highest BCUT2D eigenvalue weighted by atomic mass is 19.4. The molecule has 0 atom stereocenters. The lowest BCUT2D eigenvalue weighted by atomic mass is 10.0. The van der Waals surface area contributed by atoms with E-state index in [1.54, 1.807) is 12.1 Å². The van der Waals surface area contributed by atoms with Crippen molar-refractivity contribution in [3.8, 4) is 5.82 Å². The molecule has 4 aromatic rings. The van der Waals surface area contributed by atoms with Gasteiger partial charge in [0.15, 0.2) is 11.5 Å². The second kappa shape index (κ2) is 8.41. The van der Waals surface area contributed by atoms with Gasteiger partial charge in [0.2, 0.25) is 5.95 Å². The maximum absolute atomic E-state index is 13.5. The summed E-state index contributed by atoms with van der Waals surface area (Å²) in [6.07, 6.45) is -1.25. The molecule has 0 amide bonds. The van der Waals surface area contributed by atoms with Crippen LogP contribution in [0.15, 0.2) is 47.4 Å². The number of halogens is 3. The highest BCUT2D eigenvalue weighted by Gasteiger charge is 2.54. The smallest absolute Gasteiger partial charge is 0.324 e. The first-order valence-corrected chi connectivity index (χ1v) is 11.8. The maximum atomic E-state index is 13.5. The number of alkyl halides is 3. The van der Waals surface area contributed by atoms with Crippen LogP contribution in [-0.4, -0.2) is 37.0 Å². The number of nitrogens with zero attached hydrogens (tertiary/aromatic N) is 6. The summed E-state index contributed by atoms with van der Waals surface area (Å²) in [5, 5.41) is 6.35. The van der Waals surface area contributed by atoms with E-state index in [1.807, 2.05) is 18.2 Å². The minimum atomic E-state index is -4.66. The molecule has 2 aliphatic rings. The SMILES string of the molecule is [C-]#[N+]C1(c2cccc(-n3c4nc(Nc5ccc6c(c5)CNCC6)ncc4c(=O)n3CC(F)(F)F)n2)CC1. The number of benzene rings is 1. The molecule has 188 valence electrons. The molecule has 1 aliphatic carbocycles. The van der Waals surface area contributed by atoms with E-state index >= 15 is 0 Å². The first-order valence-electron chi connectivity index (χ1n) is 11.8. The van der Waals surface area contributed by atoms with Crippen molar-refractivity contribution in [2.24, 2.45) is 0 Å². The van der Waals surface area contributed by atoms with E-state index in [9.17, 15) is 18.0 Å². The first-order chi connectivity index (χ1) is 17.8. The summed E-state index contributed by atoms with van der Waals surface area (Å²) in [5.74, 6) is 0.207. The van der Waals surface area contributed by atoms with Gasteiger partial charge in [0.1, 0.15) is 17.6 Å². The lowest BCUT2D eigenvalue weighted by Crippen LogP contribution is -2.30. The van der Waals surface area contributed by atoms with Gasteiger partial charge in [-0.2, -0.15) is 18.2 Å². The Morgan fingerprint density at radius 2 is 2.00 bits per heavy atom. The summed E-state index contributed by atoms with van der Waals surface area (Å²) < 4.78 is 42.1. The van der Waals surface area contributed by atoms with Crippen molar-refractivity contribution in [2.45, 2.75) is 44.1 Å². The molecule has 6 rings (SSSR count). The number of nitrogens with one attached hydrogen (secondary N) is 2. The monoisotopic (exact) mass is 506 g/mol. The van der Waals surface area contributed by atoms with Crippen LogP contribution >= 0.6 is 0 Å². The van der Waals surface area contributed by atoms with Crippen LogP contribution in [0.1, 0.15) is 29.7 Å². The predicted molar refractivity (Wildman–Crippen MR) is 130 cm³/mol. The van der Waals surface area contributed by atoms with Crippen LogP contribution < -0.4 is 16.2 Å². The fraction of sp³-hybridized carbons (Fsp3) is 0.320. The second-order valence-electron chi connectivity index (χ2n) is 9.28. The molecule has 0 bridgehead atoms. The number of rotatable bonds is 5. The van der Waals surface area contributed by atoms with E-state index in [-0.39, 0.29) is 22.8 Å². The van der Waals surface area contributed by atoms with E-state index in [2.05, 4.69) is 30.4 Å². The van der Waals surface area contributed by atoms with Gasteiger partial charge in [-0.1, -0.05) is 12.1 Å². The van der Waals surface area contributed by atoms with Gasteiger partial charge in [0.25, 0.3) is 11.1 Å². The highest BCUT2D eigenvalue weighted by Crippen LogP contribution is 2.48.